The lowest BCUT2D eigenvalue weighted by atomic mass is 10.1. The van der Waals surface area contributed by atoms with E-state index in [0.717, 1.165) is 47.3 Å². The summed E-state index contributed by atoms with van der Waals surface area (Å²) in [6.07, 6.45) is 0.885. The van der Waals surface area contributed by atoms with Crippen LogP contribution in [0.3, 0.4) is 0 Å². The highest BCUT2D eigenvalue weighted by Gasteiger charge is 2.58. The van der Waals surface area contributed by atoms with E-state index in [9.17, 15) is 0 Å². The molecule has 0 spiro atoms. The quantitative estimate of drug-likeness (QED) is 0.183. The molecule has 0 aromatic carbocycles. The van der Waals surface area contributed by atoms with Crippen LogP contribution in [0.2, 0.25) is 0 Å². The van der Waals surface area contributed by atoms with Crippen molar-refractivity contribution in [2.24, 2.45) is 0 Å². The van der Waals surface area contributed by atoms with Gasteiger partial charge in [0, 0.05) is 27.8 Å². The Morgan fingerprint density at radius 1 is 0.833 bits per heavy atom. The van der Waals surface area contributed by atoms with Crippen LogP contribution >= 0.6 is 0 Å². The molecule has 0 heterocycles. The second kappa shape index (κ2) is 11.6. The third-order valence-electron chi connectivity index (χ3n) is 4.06. The van der Waals surface area contributed by atoms with Crippen molar-refractivity contribution < 1.29 is 41.7 Å². The van der Waals surface area contributed by atoms with E-state index < -0.39 is 8.80 Å². The first-order chi connectivity index (χ1) is 10.6. The van der Waals surface area contributed by atoms with Gasteiger partial charge in [0.25, 0.3) is 0 Å². The zero-order valence-corrected chi connectivity index (χ0v) is 19.7. The number of hydrogen-bond acceptors (Lipinski definition) is 3. The smallest absolute Gasteiger partial charge is 0.561 e. The third kappa shape index (κ3) is 6.72. The van der Waals surface area contributed by atoms with Gasteiger partial charge in [-0.2, -0.15) is 0 Å². The van der Waals surface area contributed by atoms with Gasteiger partial charge in [-0.1, -0.05) is 26.7 Å². The first kappa shape index (κ1) is 26.2. The second-order valence-corrected chi connectivity index (χ2v) is 9.80. The van der Waals surface area contributed by atoms with Crippen LogP contribution in [-0.4, -0.2) is 59.9 Å². The molecule has 6 heteroatoms. The summed E-state index contributed by atoms with van der Waals surface area (Å²) in [6.45, 7) is 23.3. The van der Waals surface area contributed by atoms with Gasteiger partial charge in [-0.05, 0) is 37.5 Å². The van der Waals surface area contributed by atoms with Crippen LogP contribution in [0.4, 0.5) is 0 Å². The molecule has 0 N–H and O–H groups in total. The summed E-state index contributed by atoms with van der Waals surface area (Å²) in [6, 6.07) is 0. The fourth-order valence-electron chi connectivity index (χ4n) is 3.74. The minimum atomic E-state index is -2.83. The van der Waals surface area contributed by atoms with Crippen molar-refractivity contribution in [3.8, 4) is 0 Å². The molecule has 0 aliphatic rings. The van der Waals surface area contributed by atoms with Gasteiger partial charge in [0.05, 0.1) is 0 Å². The summed E-state index contributed by atoms with van der Waals surface area (Å²) in [5.74, 6) is 0. The molecule has 0 rings (SSSR count). The summed E-state index contributed by atoms with van der Waals surface area (Å²) in [5, 5.41) is 0. The lowest BCUT2D eigenvalue weighted by molar-refractivity contribution is -0.930. The molecule has 0 radical (unpaired) electrons. The molecule has 0 saturated heterocycles. The lowest BCUT2D eigenvalue weighted by Crippen LogP contribution is -3.00. The van der Waals surface area contributed by atoms with Crippen LogP contribution in [0.15, 0.2) is 36.5 Å². The molecule has 0 saturated carbocycles. The fraction of sp³-hybridized carbons (Fsp3) is 0.667. The minimum Gasteiger partial charge on any atom is -1.00 e. The van der Waals surface area contributed by atoms with Crippen molar-refractivity contribution in [2.75, 3.05) is 41.0 Å². The number of quaternary nitrogens is 1. The van der Waals surface area contributed by atoms with Gasteiger partial charge >= 0.3 is 8.80 Å². The van der Waals surface area contributed by atoms with Crippen molar-refractivity contribution in [3.63, 3.8) is 0 Å². The largest absolute Gasteiger partial charge is 1.00 e. The Morgan fingerprint density at radius 3 is 1.29 bits per heavy atom. The highest BCUT2D eigenvalue weighted by molar-refractivity contribution is 6.62. The Kier molecular flexibility index (Phi) is 12.7. The van der Waals surface area contributed by atoms with Gasteiger partial charge in [0.15, 0.2) is 5.67 Å². The summed E-state index contributed by atoms with van der Waals surface area (Å²) >= 11 is 0. The molecule has 1 atom stereocenters. The molecule has 142 valence electrons. The van der Waals surface area contributed by atoms with Crippen molar-refractivity contribution in [1.29, 1.82) is 0 Å². The molecule has 1 unspecified atom stereocenters. The van der Waals surface area contributed by atoms with Crippen LogP contribution in [-0.2, 0) is 13.3 Å². The van der Waals surface area contributed by atoms with Gasteiger partial charge in [0.1, 0.15) is 19.6 Å². The second-order valence-electron chi connectivity index (χ2n) is 6.70. The van der Waals surface area contributed by atoms with Crippen molar-refractivity contribution >= 4 is 8.80 Å². The molecule has 0 fully saturated rings. The molecule has 0 aliphatic carbocycles. The molecule has 0 bridgehead atoms. The van der Waals surface area contributed by atoms with E-state index in [4.69, 9.17) is 13.3 Å². The Bertz CT molecular complexity index is 387. The van der Waals surface area contributed by atoms with Crippen molar-refractivity contribution in [1.82, 2.24) is 0 Å². The molecule has 4 nitrogen and oxygen atoms in total. The highest BCUT2D eigenvalue weighted by atomic mass is 127. The predicted octanol–water partition coefficient (Wildman–Crippen LogP) is 0.731. The molecule has 24 heavy (non-hydrogen) atoms. The first-order valence-corrected chi connectivity index (χ1v) is 9.87. The standard InChI is InChI=1S/C18H36NO3Si.HI/c1-11-18(23(20-8,21-9)22-10)19(12-15(2)3,13-16(4)5)14-17(6)7;/h18H,2,4,6,11-14H2,1,3,5,7-10H3;1H/q+1;/p-1. The van der Waals surface area contributed by atoms with Crippen LogP contribution in [0, 0.1) is 0 Å². The summed E-state index contributed by atoms with van der Waals surface area (Å²) in [4.78, 5) is 0. The summed E-state index contributed by atoms with van der Waals surface area (Å²) < 4.78 is 18.2. The van der Waals surface area contributed by atoms with Crippen LogP contribution in [0.1, 0.15) is 34.1 Å². The van der Waals surface area contributed by atoms with E-state index in [1.807, 2.05) is 0 Å². The Balaban J connectivity index is 0. The van der Waals surface area contributed by atoms with E-state index >= 15 is 0 Å². The van der Waals surface area contributed by atoms with E-state index in [-0.39, 0.29) is 29.6 Å². The van der Waals surface area contributed by atoms with E-state index in [1.165, 1.54) is 0 Å². The van der Waals surface area contributed by atoms with Gasteiger partial charge in [-0.3, -0.25) is 0 Å². The van der Waals surface area contributed by atoms with Crippen molar-refractivity contribution in [2.45, 2.75) is 39.8 Å². The molecule has 0 amide bonds. The Labute approximate surface area is 167 Å². The van der Waals surface area contributed by atoms with Gasteiger partial charge in [0.2, 0.25) is 0 Å². The van der Waals surface area contributed by atoms with E-state index in [2.05, 4.69) is 47.4 Å². The Morgan fingerprint density at radius 2 is 1.12 bits per heavy atom. The maximum atomic E-state index is 5.83. The van der Waals surface area contributed by atoms with Gasteiger partial charge in [-0.25, -0.2) is 0 Å². The normalized spacial score (nSPS) is 13.1. The molecular formula is C18H36INO3Si. The maximum Gasteiger partial charge on any atom is 0.561 e. The SMILES string of the molecule is C=C(C)C[N+](CC(=C)C)(CC(=C)C)C(CC)[Si](OC)(OC)OC.[I-]. The third-order valence-corrected chi connectivity index (χ3v) is 7.54. The molecular weight excluding hydrogens is 433 g/mol. The zero-order chi connectivity index (χ0) is 18.3. The maximum absolute atomic E-state index is 5.83. The Hall–Kier alpha value is 0.00688. The summed E-state index contributed by atoms with van der Waals surface area (Å²) in [5.41, 5.74) is 3.46. The van der Waals surface area contributed by atoms with E-state index in [0.29, 0.717) is 0 Å². The highest BCUT2D eigenvalue weighted by Crippen LogP contribution is 2.31. The number of hydrogen-bond donors (Lipinski definition) is 0. The van der Waals surface area contributed by atoms with Gasteiger partial charge in [-0.15, -0.1) is 0 Å². The number of rotatable bonds is 12. The first-order valence-electron chi connectivity index (χ1n) is 8.07. The average molecular weight is 469 g/mol. The van der Waals surface area contributed by atoms with Crippen LogP contribution in [0.5, 0.6) is 0 Å². The van der Waals surface area contributed by atoms with Crippen molar-refractivity contribution in [3.05, 3.63) is 36.5 Å². The zero-order valence-electron chi connectivity index (χ0n) is 16.6. The lowest BCUT2D eigenvalue weighted by Gasteiger charge is -2.49. The average Bonchev–Trinajstić information content (AvgIpc) is 2.42. The van der Waals surface area contributed by atoms with E-state index in [1.54, 1.807) is 21.3 Å². The molecule has 0 aliphatic heterocycles. The number of nitrogens with zero attached hydrogens (tertiary/aromatic N) is 1. The topological polar surface area (TPSA) is 27.7 Å². The summed E-state index contributed by atoms with van der Waals surface area (Å²) in [7, 11) is 2.20. The minimum absolute atomic E-state index is 0. The van der Waals surface area contributed by atoms with Crippen LogP contribution in [0.25, 0.3) is 0 Å². The predicted molar refractivity (Wildman–Crippen MR) is 100 cm³/mol. The monoisotopic (exact) mass is 469 g/mol. The fourth-order valence-corrected chi connectivity index (χ4v) is 6.50. The molecule has 0 aromatic heterocycles. The van der Waals surface area contributed by atoms with Crippen LogP contribution < -0.4 is 24.0 Å². The number of halogens is 1. The van der Waals surface area contributed by atoms with Gasteiger partial charge < -0.3 is 41.7 Å². The molecule has 0 aromatic rings.